The Morgan fingerprint density at radius 1 is 1.06 bits per heavy atom. The first-order valence-corrected chi connectivity index (χ1v) is 11.1. The van der Waals surface area contributed by atoms with Crippen molar-refractivity contribution in [3.63, 3.8) is 0 Å². The van der Waals surface area contributed by atoms with Gasteiger partial charge in [-0.3, -0.25) is 14.4 Å². The highest BCUT2D eigenvalue weighted by atomic mass is 19.3. The average Bonchev–Trinajstić information content (AvgIpc) is 3.12. The number of carbonyl (C=O) groups is 3. The van der Waals surface area contributed by atoms with Gasteiger partial charge in [-0.1, -0.05) is 13.8 Å². The fourth-order valence-corrected chi connectivity index (χ4v) is 4.40. The number of alkyl halides is 2. The van der Waals surface area contributed by atoms with E-state index in [-0.39, 0.29) is 19.3 Å². The quantitative estimate of drug-likeness (QED) is 0.404. The molecule has 1 aliphatic carbocycles. The van der Waals surface area contributed by atoms with E-state index in [0.29, 0.717) is 13.3 Å². The van der Waals surface area contributed by atoms with Crippen LogP contribution in [-0.4, -0.2) is 41.1 Å². The molecule has 0 radical (unpaired) electrons. The summed E-state index contributed by atoms with van der Waals surface area (Å²) in [6, 6.07) is 0. The molecule has 180 valence electrons. The Kier molecular flexibility index (Phi) is 9.04. The Bertz CT molecular complexity index is 649. The van der Waals surface area contributed by atoms with Gasteiger partial charge in [-0.05, 0) is 72.1 Å². The van der Waals surface area contributed by atoms with Crippen LogP contribution in [0.15, 0.2) is 0 Å². The normalized spacial score (nSPS) is 19.4. The van der Waals surface area contributed by atoms with Crippen LogP contribution < -0.4 is 0 Å². The van der Waals surface area contributed by atoms with Crippen LogP contribution in [0.25, 0.3) is 0 Å². The minimum atomic E-state index is -3.16. The summed E-state index contributed by atoms with van der Waals surface area (Å²) < 4.78 is 37.0. The van der Waals surface area contributed by atoms with E-state index in [1.165, 1.54) is 13.8 Å². The maximum absolute atomic E-state index is 13.4. The van der Waals surface area contributed by atoms with Gasteiger partial charge in [-0.2, -0.15) is 0 Å². The second-order valence-corrected chi connectivity index (χ2v) is 10.0. The van der Waals surface area contributed by atoms with E-state index in [9.17, 15) is 28.3 Å². The molecule has 0 bridgehead atoms. The number of hydrogen-bond donors (Lipinski definition) is 1. The fraction of sp³-hybridized carbons (Fsp3) is 0.870. The summed E-state index contributed by atoms with van der Waals surface area (Å²) >= 11 is 0. The number of carbonyl (C=O) groups excluding carboxylic acids is 2. The summed E-state index contributed by atoms with van der Waals surface area (Å²) in [5, 5.41) is 9.61. The van der Waals surface area contributed by atoms with Crippen molar-refractivity contribution in [3.05, 3.63) is 0 Å². The SMILES string of the molecule is CCC(CC(C)(CC(C)(C)C(=O)O)C(=O)OC1(CC)CCCC1)C(=O)OCC(C)(F)F. The maximum atomic E-state index is 13.4. The van der Waals surface area contributed by atoms with Crippen LogP contribution in [0.1, 0.15) is 92.9 Å². The first kappa shape index (κ1) is 27.3. The molecule has 0 saturated heterocycles. The van der Waals surface area contributed by atoms with E-state index in [1.54, 1.807) is 13.8 Å². The molecule has 6 nitrogen and oxygen atoms in total. The summed E-state index contributed by atoms with van der Waals surface area (Å²) in [5.41, 5.74) is -3.11. The molecule has 0 aromatic rings. The van der Waals surface area contributed by atoms with Crippen molar-refractivity contribution in [1.29, 1.82) is 0 Å². The topological polar surface area (TPSA) is 89.9 Å². The predicted molar refractivity (Wildman–Crippen MR) is 112 cm³/mol. The second-order valence-electron chi connectivity index (χ2n) is 10.0. The van der Waals surface area contributed by atoms with E-state index in [4.69, 9.17) is 9.47 Å². The molecule has 31 heavy (non-hydrogen) atoms. The Balaban J connectivity index is 3.15. The predicted octanol–water partition coefficient (Wildman–Crippen LogP) is 5.37. The largest absolute Gasteiger partial charge is 0.481 e. The maximum Gasteiger partial charge on any atom is 0.312 e. The van der Waals surface area contributed by atoms with Gasteiger partial charge in [0, 0.05) is 6.92 Å². The molecule has 1 rings (SSSR count). The van der Waals surface area contributed by atoms with E-state index in [1.807, 2.05) is 6.92 Å². The van der Waals surface area contributed by atoms with Gasteiger partial charge in [0.2, 0.25) is 0 Å². The first-order valence-electron chi connectivity index (χ1n) is 11.1. The third-order valence-electron chi connectivity index (χ3n) is 6.36. The zero-order valence-electron chi connectivity index (χ0n) is 19.7. The number of carboxylic acids is 1. The lowest BCUT2D eigenvalue weighted by Crippen LogP contribution is -2.44. The van der Waals surface area contributed by atoms with Gasteiger partial charge >= 0.3 is 17.9 Å². The standard InChI is InChI=1S/C23H38F2O6/c1-7-16(17(26)30-15-22(6,24)25)13-21(5,14-20(3,4)18(27)28)19(29)31-23(8-2)11-9-10-12-23/h16H,7-15H2,1-6H3,(H,27,28). The van der Waals surface area contributed by atoms with Gasteiger partial charge in [0.25, 0.3) is 5.92 Å². The number of halogens is 2. The number of ether oxygens (including phenoxy) is 2. The van der Waals surface area contributed by atoms with Gasteiger partial charge in [0.15, 0.2) is 6.61 Å². The minimum absolute atomic E-state index is 0.0348. The van der Waals surface area contributed by atoms with Crippen LogP contribution in [0, 0.1) is 16.7 Å². The molecule has 2 atom stereocenters. The molecule has 0 aromatic heterocycles. The molecule has 0 heterocycles. The Hall–Kier alpha value is -1.73. The highest BCUT2D eigenvalue weighted by Gasteiger charge is 2.48. The van der Waals surface area contributed by atoms with Crippen molar-refractivity contribution in [2.45, 2.75) is 104 Å². The molecular weight excluding hydrogens is 410 g/mol. The molecule has 0 aromatic carbocycles. The van der Waals surface area contributed by atoms with Gasteiger partial charge in [-0.15, -0.1) is 0 Å². The highest BCUT2D eigenvalue weighted by Crippen LogP contribution is 2.44. The average molecular weight is 449 g/mol. The fourth-order valence-electron chi connectivity index (χ4n) is 4.40. The lowest BCUT2D eigenvalue weighted by Gasteiger charge is -2.38. The zero-order valence-corrected chi connectivity index (χ0v) is 19.7. The summed E-state index contributed by atoms with van der Waals surface area (Å²) in [5.74, 6) is -6.42. The van der Waals surface area contributed by atoms with E-state index in [2.05, 4.69) is 0 Å². The molecule has 2 unspecified atom stereocenters. The van der Waals surface area contributed by atoms with Gasteiger partial charge < -0.3 is 14.6 Å². The van der Waals surface area contributed by atoms with Crippen LogP contribution in [0.4, 0.5) is 8.78 Å². The van der Waals surface area contributed by atoms with Gasteiger partial charge in [0.1, 0.15) is 5.60 Å². The minimum Gasteiger partial charge on any atom is -0.481 e. The summed E-state index contributed by atoms with van der Waals surface area (Å²) in [6.45, 7) is 7.91. The number of carboxylic acid groups (broad SMARTS) is 1. The summed E-state index contributed by atoms with van der Waals surface area (Å²) in [4.78, 5) is 37.6. The second kappa shape index (κ2) is 10.3. The molecule has 1 saturated carbocycles. The lowest BCUT2D eigenvalue weighted by atomic mass is 9.69. The first-order chi connectivity index (χ1) is 14.1. The smallest absolute Gasteiger partial charge is 0.312 e. The molecule has 1 aliphatic rings. The van der Waals surface area contributed by atoms with Crippen LogP contribution in [-0.2, 0) is 23.9 Å². The van der Waals surface area contributed by atoms with Crippen molar-refractivity contribution in [3.8, 4) is 0 Å². The van der Waals surface area contributed by atoms with Crippen LogP contribution >= 0.6 is 0 Å². The monoisotopic (exact) mass is 448 g/mol. The van der Waals surface area contributed by atoms with Crippen molar-refractivity contribution >= 4 is 17.9 Å². The van der Waals surface area contributed by atoms with E-state index >= 15 is 0 Å². The van der Waals surface area contributed by atoms with Crippen molar-refractivity contribution in [1.82, 2.24) is 0 Å². The number of aliphatic carboxylic acids is 1. The molecule has 0 amide bonds. The number of esters is 2. The molecule has 1 N–H and O–H groups in total. The third kappa shape index (κ3) is 7.72. The van der Waals surface area contributed by atoms with Crippen molar-refractivity contribution < 1.29 is 37.7 Å². The molecular formula is C23H38F2O6. The summed E-state index contributed by atoms with van der Waals surface area (Å²) in [6.07, 6.45) is 4.23. The number of hydrogen-bond acceptors (Lipinski definition) is 5. The van der Waals surface area contributed by atoms with E-state index < -0.39 is 52.8 Å². The Morgan fingerprint density at radius 2 is 1.61 bits per heavy atom. The van der Waals surface area contributed by atoms with Crippen LogP contribution in [0.3, 0.4) is 0 Å². The zero-order chi connectivity index (χ0) is 24.1. The Morgan fingerprint density at radius 3 is 2.03 bits per heavy atom. The molecule has 0 spiro atoms. The highest BCUT2D eigenvalue weighted by molar-refractivity contribution is 5.81. The summed E-state index contributed by atoms with van der Waals surface area (Å²) in [7, 11) is 0. The third-order valence-corrected chi connectivity index (χ3v) is 6.36. The van der Waals surface area contributed by atoms with Crippen molar-refractivity contribution in [2.75, 3.05) is 6.61 Å². The van der Waals surface area contributed by atoms with Gasteiger partial charge in [-0.25, -0.2) is 8.78 Å². The van der Waals surface area contributed by atoms with E-state index in [0.717, 1.165) is 25.7 Å². The van der Waals surface area contributed by atoms with Crippen molar-refractivity contribution in [2.24, 2.45) is 16.7 Å². The van der Waals surface area contributed by atoms with Crippen LogP contribution in [0.5, 0.6) is 0 Å². The Labute approximate surface area is 184 Å². The lowest BCUT2D eigenvalue weighted by molar-refractivity contribution is -0.177. The molecule has 0 aliphatic heterocycles. The molecule has 1 fully saturated rings. The van der Waals surface area contributed by atoms with Crippen LogP contribution in [0.2, 0.25) is 0 Å². The molecule has 8 heteroatoms. The number of rotatable bonds is 12. The van der Waals surface area contributed by atoms with Gasteiger partial charge in [0.05, 0.1) is 16.7 Å².